The summed E-state index contributed by atoms with van der Waals surface area (Å²) in [5.74, 6) is -2.67. The molecule has 2 fully saturated rings. The lowest BCUT2D eigenvalue weighted by Gasteiger charge is -2.37. The van der Waals surface area contributed by atoms with Crippen LogP contribution in [0.3, 0.4) is 0 Å². The minimum Gasteiger partial charge on any atom is -0.475 e. The molecule has 1 N–H and O–H groups in total. The molecule has 1 atom stereocenters. The Morgan fingerprint density at radius 3 is 2.35 bits per heavy atom. The van der Waals surface area contributed by atoms with Crippen molar-refractivity contribution in [3.8, 4) is 0 Å². The minimum atomic E-state index is -5.08. The number of piperidine rings is 1. The smallest absolute Gasteiger partial charge is 0.475 e. The lowest BCUT2D eigenvalue weighted by molar-refractivity contribution is -0.192. The number of aromatic nitrogens is 1. The molecule has 0 bridgehead atoms. The fraction of sp³-hybridized carbons (Fsp3) is 0.520. The van der Waals surface area contributed by atoms with Crippen LogP contribution in [-0.4, -0.2) is 79.3 Å². The van der Waals surface area contributed by atoms with Crippen molar-refractivity contribution >= 4 is 16.0 Å². The van der Waals surface area contributed by atoms with Gasteiger partial charge in [0.15, 0.2) is 0 Å². The van der Waals surface area contributed by atoms with Crippen molar-refractivity contribution in [1.82, 2.24) is 14.2 Å². The van der Waals surface area contributed by atoms with Gasteiger partial charge in [-0.3, -0.25) is 9.88 Å². The molecule has 2 aliphatic rings. The molecule has 4 rings (SSSR count). The second-order valence-corrected chi connectivity index (χ2v) is 11.6. The minimum absolute atomic E-state index is 0.0824. The number of ether oxygens (including phenoxy) is 1. The van der Waals surface area contributed by atoms with Gasteiger partial charge in [-0.15, -0.1) is 0 Å². The van der Waals surface area contributed by atoms with E-state index in [9.17, 15) is 21.6 Å². The van der Waals surface area contributed by atoms with Crippen molar-refractivity contribution in [3.05, 3.63) is 66.0 Å². The Hall–Kier alpha value is -2.54. The van der Waals surface area contributed by atoms with E-state index in [0.717, 1.165) is 44.5 Å². The summed E-state index contributed by atoms with van der Waals surface area (Å²) in [5.41, 5.74) is 2.17. The third-order valence-corrected chi connectivity index (χ3v) is 8.44. The van der Waals surface area contributed by atoms with Crippen LogP contribution < -0.4 is 0 Å². The maximum Gasteiger partial charge on any atom is 0.490 e. The second kappa shape index (κ2) is 12.3. The molecule has 1 unspecified atom stereocenters. The van der Waals surface area contributed by atoms with E-state index in [2.05, 4.69) is 23.0 Å². The number of likely N-dealkylation sites (N-methyl/N-ethyl adjacent to an activating group) is 1. The van der Waals surface area contributed by atoms with Crippen LogP contribution in [-0.2, 0) is 31.9 Å². The van der Waals surface area contributed by atoms with Gasteiger partial charge in [-0.25, -0.2) is 17.5 Å². The normalized spacial score (nSPS) is 20.0. The first-order valence-electron chi connectivity index (χ1n) is 11.9. The Bertz CT molecular complexity index is 1110. The number of carboxylic acid groups (broad SMARTS) is 1. The van der Waals surface area contributed by atoms with Crippen LogP contribution in [0.2, 0.25) is 0 Å². The molecule has 0 aliphatic carbocycles. The van der Waals surface area contributed by atoms with Crippen molar-refractivity contribution in [2.45, 2.75) is 43.8 Å². The van der Waals surface area contributed by atoms with Crippen LogP contribution in [0.25, 0.3) is 0 Å². The summed E-state index contributed by atoms with van der Waals surface area (Å²) in [5, 5.41) is 7.12. The van der Waals surface area contributed by atoms with Gasteiger partial charge in [0, 0.05) is 38.6 Å². The van der Waals surface area contributed by atoms with E-state index in [0.29, 0.717) is 13.1 Å². The number of carboxylic acids is 1. The molecule has 1 spiro atoms. The van der Waals surface area contributed by atoms with Crippen molar-refractivity contribution < 1.29 is 36.2 Å². The van der Waals surface area contributed by atoms with Gasteiger partial charge in [-0.2, -0.15) is 13.2 Å². The summed E-state index contributed by atoms with van der Waals surface area (Å²) in [6.45, 7) is 3.66. The Kier molecular flexibility index (Phi) is 9.68. The fourth-order valence-corrected chi connectivity index (χ4v) is 6.23. The molecule has 2 saturated heterocycles. The number of pyridine rings is 1. The molecule has 3 heterocycles. The van der Waals surface area contributed by atoms with Gasteiger partial charge < -0.3 is 9.84 Å². The number of nitrogens with zero attached hydrogens (tertiary/aromatic N) is 3. The van der Waals surface area contributed by atoms with Gasteiger partial charge in [-0.1, -0.05) is 36.4 Å². The zero-order chi connectivity index (χ0) is 27.1. The van der Waals surface area contributed by atoms with Gasteiger partial charge in [-0.05, 0) is 48.9 Å². The topological polar surface area (TPSA) is 100 Å². The van der Waals surface area contributed by atoms with Crippen LogP contribution in [0.4, 0.5) is 13.2 Å². The standard InChI is InChI=1S/C23H31N3O3S.C2HF3O2/c1-25(16-21-8-5-11-24-15-21)17-22-14-23(19-29-22)9-12-26(13-10-23)30(27,28)18-20-6-3-2-4-7-20;3-2(4,5)1(6)7/h2-8,11,15,22H,9-10,12-14,16-19H2,1H3;(H,6,7). The molecule has 1 aromatic carbocycles. The van der Waals surface area contributed by atoms with E-state index in [-0.39, 0.29) is 17.3 Å². The van der Waals surface area contributed by atoms with E-state index in [4.69, 9.17) is 14.6 Å². The monoisotopic (exact) mass is 543 g/mol. The summed E-state index contributed by atoms with van der Waals surface area (Å²) in [6, 6.07) is 13.5. The van der Waals surface area contributed by atoms with Gasteiger partial charge in [0.1, 0.15) is 0 Å². The van der Waals surface area contributed by atoms with Crippen LogP contribution in [0.15, 0.2) is 54.9 Å². The quantitative estimate of drug-likeness (QED) is 0.570. The highest BCUT2D eigenvalue weighted by Crippen LogP contribution is 2.42. The first-order chi connectivity index (χ1) is 17.4. The molecule has 2 aromatic rings. The highest BCUT2D eigenvalue weighted by atomic mass is 32.2. The molecule has 0 amide bonds. The fourth-order valence-electron chi connectivity index (χ4n) is 4.69. The highest BCUT2D eigenvalue weighted by molar-refractivity contribution is 7.88. The Morgan fingerprint density at radius 1 is 1.16 bits per heavy atom. The average molecular weight is 544 g/mol. The largest absolute Gasteiger partial charge is 0.490 e. The lowest BCUT2D eigenvalue weighted by atomic mass is 9.77. The summed E-state index contributed by atoms with van der Waals surface area (Å²) in [4.78, 5) is 15.4. The number of aliphatic carboxylic acids is 1. The van der Waals surface area contributed by atoms with Gasteiger partial charge >= 0.3 is 12.1 Å². The van der Waals surface area contributed by atoms with Crippen LogP contribution in [0, 0.1) is 5.41 Å². The molecule has 2 aliphatic heterocycles. The van der Waals surface area contributed by atoms with Crippen LogP contribution >= 0.6 is 0 Å². The zero-order valence-electron chi connectivity index (χ0n) is 20.6. The summed E-state index contributed by atoms with van der Waals surface area (Å²) in [7, 11) is -1.16. The number of benzene rings is 1. The van der Waals surface area contributed by atoms with Crippen molar-refractivity contribution in [1.29, 1.82) is 0 Å². The number of alkyl halides is 3. The first-order valence-corrected chi connectivity index (χ1v) is 13.5. The number of halogens is 3. The van der Waals surface area contributed by atoms with Crippen LogP contribution in [0.5, 0.6) is 0 Å². The summed E-state index contributed by atoms with van der Waals surface area (Å²) >= 11 is 0. The van der Waals surface area contributed by atoms with E-state index in [1.807, 2.05) is 42.6 Å². The van der Waals surface area contributed by atoms with Crippen molar-refractivity contribution in [2.75, 3.05) is 33.3 Å². The van der Waals surface area contributed by atoms with Gasteiger partial charge in [0.05, 0.1) is 18.5 Å². The molecule has 37 heavy (non-hydrogen) atoms. The summed E-state index contributed by atoms with van der Waals surface area (Å²) in [6.07, 6.45) is 1.59. The molecular weight excluding hydrogens is 511 g/mol. The molecule has 8 nitrogen and oxygen atoms in total. The van der Waals surface area contributed by atoms with Gasteiger partial charge in [0.25, 0.3) is 0 Å². The number of hydrogen-bond acceptors (Lipinski definition) is 6. The maximum absolute atomic E-state index is 12.8. The third kappa shape index (κ3) is 8.77. The Balaban J connectivity index is 0.000000479. The number of hydrogen-bond donors (Lipinski definition) is 1. The van der Waals surface area contributed by atoms with Gasteiger partial charge in [0.2, 0.25) is 10.0 Å². The number of rotatable bonds is 7. The van der Waals surface area contributed by atoms with E-state index in [1.54, 1.807) is 10.5 Å². The van der Waals surface area contributed by atoms with Crippen LogP contribution in [0.1, 0.15) is 30.4 Å². The first kappa shape index (κ1) is 29.0. The predicted molar refractivity (Wildman–Crippen MR) is 131 cm³/mol. The SMILES string of the molecule is CN(Cc1cccnc1)CC1CC2(CCN(S(=O)(=O)Cc3ccccc3)CC2)CO1.O=C(O)C(F)(F)F. The van der Waals surface area contributed by atoms with E-state index < -0.39 is 22.2 Å². The van der Waals surface area contributed by atoms with E-state index in [1.165, 1.54) is 5.56 Å². The zero-order valence-corrected chi connectivity index (χ0v) is 21.4. The summed E-state index contributed by atoms with van der Waals surface area (Å²) < 4.78 is 65.2. The molecule has 0 radical (unpaired) electrons. The molecule has 0 saturated carbocycles. The van der Waals surface area contributed by atoms with E-state index >= 15 is 0 Å². The maximum atomic E-state index is 12.8. The molecule has 1 aromatic heterocycles. The third-order valence-electron chi connectivity index (χ3n) is 6.59. The molecule has 204 valence electrons. The lowest BCUT2D eigenvalue weighted by Crippen LogP contribution is -2.44. The molecule has 12 heteroatoms. The van der Waals surface area contributed by atoms with Crippen molar-refractivity contribution in [3.63, 3.8) is 0 Å². The number of carbonyl (C=O) groups is 1. The highest BCUT2D eigenvalue weighted by Gasteiger charge is 2.44. The Labute approximate surface area is 215 Å². The second-order valence-electron chi connectivity index (χ2n) is 9.64. The molecular formula is C25H32F3N3O5S. The average Bonchev–Trinajstić information content (AvgIpc) is 3.21. The Morgan fingerprint density at radius 2 is 1.78 bits per heavy atom. The number of sulfonamides is 1. The predicted octanol–water partition coefficient (Wildman–Crippen LogP) is 3.55. The van der Waals surface area contributed by atoms with Crippen molar-refractivity contribution in [2.24, 2.45) is 5.41 Å².